The summed E-state index contributed by atoms with van der Waals surface area (Å²) < 4.78 is 11.9. The van der Waals surface area contributed by atoms with Crippen LogP contribution in [0.15, 0.2) is 29.2 Å². The highest BCUT2D eigenvalue weighted by atomic mass is 35.5. The molecule has 0 saturated heterocycles. The van der Waals surface area contributed by atoms with Gasteiger partial charge in [-0.15, -0.1) is 0 Å². The van der Waals surface area contributed by atoms with Crippen LogP contribution in [0, 0.1) is 0 Å². The van der Waals surface area contributed by atoms with Crippen LogP contribution in [0.4, 0.5) is 0 Å². The Labute approximate surface area is 164 Å². The van der Waals surface area contributed by atoms with Gasteiger partial charge in [0, 0.05) is 12.7 Å². The predicted molar refractivity (Wildman–Crippen MR) is 103 cm³/mol. The second-order valence-corrected chi connectivity index (χ2v) is 6.31. The number of aromatic nitrogens is 2. The molecule has 0 fully saturated rings. The number of pyridine rings is 2. The van der Waals surface area contributed by atoms with Gasteiger partial charge in [0.1, 0.15) is 22.5 Å². The molecule has 0 bridgehead atoms. The van der Waals surface area contributed by atoms with Gasteiger partial charge in [0.25, 0.3) is 5.56 Å². The first-order valence-electron chi connectivity index (χ1n) is 7.96. The lowest BCUT2D eigenvalue weighted by molar-refractivity contribution is 0.0991. The minimum Gasteiger partial charge on any atom is -0.506 e. The molecule has 0 unspecified atom stereocenters. The van der Waals surface area contributed by atoms with E-state index >= 15 is 0 Å². The van der Waals surface area contributed by atoms with Gasteiger partial charge in [-0.2, -0.15) is 0 Å². The predicted octanol–water partition coefficient (Wildman–Crippen LogP) is 3.43. The highest BCUT2D eigenvalue weighted by Crippen LogP contribution is 2.46. The van der Waals surface area contributed by atoms with E-state index in [1.165, 1.54) is 30.0 Å². The average Bonchev–Trinajstić information content (AvgIpc) is 2.66. The Morgan fingerprint density at radius 2 is 1.89 bits per heavy atom. The number of aliphatic hydroxyl groups is 1. The van der Waals surface area contributed by atoms with Crippen LogP contribution >= 0.6 is 23.2 Å². The third kappa shape index (κ3) is 3.07. The summed E-state index contributed by atoms with van der Waals surface area (Å²) in [4.78, 5) is 17.4. The Morgan fingerprint density at radius 3 is 2.52 bits per heavy atom. The summed E-state index contributed by atoms with van der Waals surface area (Å²) in [5.41, 5.74) is -0.302. The Kier molecular flexibility index (Phi) is 5.46. The summed E-state index contributed by atoms with van der Waals surface area (Å²) in [6.07, 6.45) is 1.48. The van der Waals surface area contributed by atoms with Crippen molar-refractivity contribution in [3.05, 3.63) is 44.8 Å². The molecule has 2 N–H and O–H groups in total. The summed E-state index contributed by atoms with van der Waals surface area (Å²) in [5.74, 6) is -0.0377. The average molecular weight is 411 g/mol. The minimum absolute atomic E-state index is 0.0103. The number of halogens is 2. The zero-order valence-electron chi connectivity index (χ0n) is 14.5. The summed E-state index contributed by atoms with van der Waals surface area (Å²) in [6, 6.07) is 4.52. The van der Waals surface area contributed by atoms with Crippen molar-refractivity contribution in [1.82, 2.24) is 9.55 Å². The number of aliphatic hydroxyl groups excluding tert-OH is 1. The number of aromatic hydroxyl groups is 1. The molecule has 7 nitrogen and oxygen atoms in total. The Bertz CT molecular complexity index is 1080. The van der Waals surface area contributed by atoms with Crippen molar-refractivity contribution in [1.29, 1.82) is 0 Å². The van der Waals surface area contributed by atoms with Gasteiger partial charge in [0.15, 0.2) is 12.5 Å². The molecule has 3 rings (SSSR count). The fraction of sp³-hybridized carbons (Fsp3) is 0.222. The van der Waals surface area contributed by atoms with Gasteiger partial charge >= 0.3 is 0 Å². The molecule has 0 aliphatic rings. The lowest BCUT2D eigenvalue weighted by atomic mass is 10.0. The van der Waals surface area contributed by atoms with Gasteiger partial charge in [-0.1, -0.05) is 23.2 Å². The fourth-order valence-electron chi connectivity index (χ4n) is 2.98. The highest BCUT2D eigenvalue weighted by Gasteiger charge is 2.26. The van der Waals surface area contributed by atoms with Crippen LogP contribution in [-0.2, 0) is 6.54 Å². The summed E-state index contributed by atoms with van der Waals surface area (Å²) in [7, 11) is 1.45. The highest BCUT2D eigenvalue weighted by molar-refractivity contribution is 6.37. The van der Waals surface area contributed by atoms with E-state index in [2.05, 4.69) is 4.98 Å². The number of rotatable bonds is 5. The number of nitrogens with zero attached hydrogens (tertiary/aromatic N) is 2. The molecule has 0 radical (unpaired) electrons. The van der Waals surface area contributed by atoms with Crippen molar-refractivity contribution < 1.29 is 19.7 Å². The zero-order valence-corrected chi connectivity index (χ0v) is 16.0. The second-order valence-electron chi connectivity index (χ2n) is 5.49. The van der Waals surface area contributed by atoms with Crippen molar-refractivity contribution in [2.24, 2.45) is 0 Å². The van der Waals surface area contributed by atoms with Crippen LogP contribution in [0.5, 0.6) is 17.2 Å². The van der Waals surface area contributed by atoms with Crippen LogP contribution in [-0.4, -0.2) is 33.7 Å². The standard InChI is InChI=1S/C18H16Cl2N2O5/c1-3-22-17-13(11(26-2)6-7-21-17)15(24)14(18(22)25)12-9(19)4-5-10(20)16(12)27-8-23/h4-7,23-24H,3,8H2,1-2H3. The van der Waals surface area contributed by atoms with Crippen molar-refractivity contribution in [2.75, 3.05) is 13.9 Å². The van der Waals surface area contributed by atoms with Crippen molar-refractivity contribution in [2.45, 2.75) is 13.5 Å². The molecule has 0 aliphatic heterocycles. The van der Waals surface area contributed by atoms with E-state index < -0.39 is 12.4 Å². The first-order valence-corrected chi connectivity index (χ1v) is 8.72. The van der Waals surface area contributed by atoms with Crippen LogP contribution in [0.1, 0.15) is 6.92 Å². The third-order valence-corrected chi connectivity index (χ3v) is 4.75. The molecular formula is C18H16Cl2N2O5. The number of methoxy groups -OCH3 is 1. The Balaban J connectivity index is 2.55. The van der Waals surface area contributed by atoms with E-state index in [4.69, 9.17) is 32.7 Å². The SMILES string of the molecule is CCn1c(=O)c(-c2c(Cl)ccc(Cl)c2OCO)c(O)c2c(OC)ccnc21. The number of hydrogen-bond donors (Lipinski definition) is 2. The van der Waals surface area contributed by atoms with E-state index in [0.29, 0.717) is 5.75 Å². The smallest absolute Gasteiger partial charge is 0.264 e. The van der Waals surface area contributed by atoms with Gasteiger partial charge in [-0.3, -0.25) is 9.36 Å². The molecule has 27 heavy (non-hydrogen) atoms. The van der Waals surface area contributed by atoms with Crippen LogP contribution in [0.2, 0.25) is 10.0 Å². The fourth-order valence-corrected chi connectivity index (χ4v) is 3.43. The maximum atomic E-state index is 13.2. The van der Waals surface area contributed by atoms with Gasteiger partial charge in [-0.05, 0) is 25.1 Å². The largest absolute Gasteiger partial charge is 0.506 e. The molecule has 1 aromatic carbocycles. The van der Waals surface area contributed by atoms with Gasteiger partial charge in [0.05, 0.1) is 28.3 Å². The minimum atomic E-state index is -0.686. The van der Waals surface area contributed by atoms with Gasteiger partial charge in [-0.25, -0.2) is 4.98 Å². The summed E-state index contributed by atoms with van der Waals surface area (Å²) in [5, 5.41) is 20.7. The third-order valence-electron chi connectivity index (χ3n) is 4.13. The van der Waals surface area contributed by atoms with Crippen molar-refractivity contribution >= 4 is 34.2 Å². The number of hydrogen-bond acceptors (Lipinski definition) is 6. The molecule has 2 heterocycles. The lowest BCUT2D eigenvalue weighted by Gasteiger charge is -2.18. The van der Waals surface area contributed by atoms with Crippen molar-refractivity contribution in [3.63, 3.8) is 0 Å². The van der Waals surface area contributed by atoms with E-state index in [1.807, 2.05) is 0 Å². The van der Waals surface area contributed by atoms with Gasteiger partial charge < -0.3 is 19.7 Å². The second kappa shape index (κ2) is 7.64. The molecule has 9 heteroatoms. The van der Waals surface area contributed by atoms with Crippen LogP contribution in [0.3, 0.4) is 0 Å². The van der Waals surface area contributed by atoms with E-state index in [-0.39, 0.29) is 50.2 Å². The molecule has 3 aromatic rings. The number of aryl methyl sites for hydroxylation is 1. The summed E-state index contributed by atoms with van der Waals surface area (Å²) in [6.45, 7) is 1.37. The molecule has 0 aliphatic carbocycles. The molecule has 0 atom stereocenters. The normalized spacial score (nSPS) is 11.0. The zero-order chi connectivity index (χ0) is 19.7. The van der Waals surface area contributed by atoms with Gasteiger partial charge in [0.2, 0.25) is 0 Å². The monoisotopic (exact) mass is 410 g/mol. The molecule has 2 aromatic heterocycles. The molecule has 0 amide bonds. The quantitative estimate of drug-likeness (QED) is 0.625. The number of ether oxygens (including phenoxy) is 2. The maximum Gasteiger partial charge on any atom is 0.264 e. The number of fused-ring (bicyclic) bond motifs is 1. The maximum absolute atomic E-state index is 13.2. The Morgan fingerprint density at radius 1 is 1.19 bits per heavy atom. The van der Waals surface area contributed by atoms with E-state index in [9.17, 15) is 15.0 Å². The first kappa shape index (κ1) is 19.3. The van der Waals surface area contributed by atoms with Crippen LogP contribution in [0.25, 0.3) is 22.2 Å². The number of benzene rings is 1. The Hall–Kier alpha value is -2.48. The van der Waals surface area contributed by atoms with Crippen molar-refractivity contribution in [3.8, 4) is 28.4 Å². The van der Waals surface area contributed by atoms with Crippen LogP contribution < -0.4 is 15.0 Å². The molecule has 0 saturated carbocycles. The molecule has 0 spiro atoms. The van der Waals surface area contributed by atoms with E-state index in [0.717, 1.165) is 0 Å². The van der Waals surface area contributed by atoms with E-state index in [1.54, 1.807) is 13.0 Å². The first-order chi connectivity index (χ1) is 13.0. The topological polar surface area (TPSA) is 93.8 Å². The lowest BCUT2D eigenvalue weighted by Crippen LogP contribution is -2.23. The molecule has 142 valence electrons. The molecular weight excluding hydrogens is 395 g/mol. The summed E-state index contributed by atoms with van der Waals surface area (Å²) >= 11 is 12.5.